The van der Waals surface area contributed by atoms with E-state index in [1.54, 1.807) is 18.2 Å². The summed E-state index contributed by atoms with van der Waals surface area (Å²) in [5, 5.41) is 13.4. The van der Waals surface area contributed by atoms with Crippen LogP contribution in [-0.4, -0.2) is 16.6 Å². The molecule has 0 aliphatic rings. The number of ketones is 1. The van der Waals surface area contributed by atoms with E-state index in [9.17, 15) is 24.1 Å². The Morgan fingerprint density at radius 3 is 2.22 bits per heavy atom. The summed E-state index contributed by atoms with van der Waals surface area (Å²) < 4.78 is 13.0. The molecule has 0 aromatic heterocycles. The predicted molar refractivity (Wildman–Crippen MR) is 97.3 cm³/mol. The summed E-state index contributed by atoms with van der Waals surface area (Å²) in [6, 6.07) is 16.7. The molecule has 7 heteroatoms. The second kappa shape index (κ2) is 7.57. The number of carbonyl (C=O) groups excluding carboxylic acids is 2. The van der Waals surface area contributed by atoms with Crippen molar-refractivity contribution >= 4 is 23.1 Å². The summed E-state index contributed by atoms with van der Waals surface area (Å²) in [6.45, 7) is 0. The average Bonchev–Trinajstić information content (AvgIpc) is 2.68. The van der Waals surface area contributed by atoms with E-state index < -0.39 is 16.6 Å². The summed E-state index contributed by atoms with van der Waals surface area (Å²) in [5.74, 6) is -1.30. The van der Waals surface area contributed by atoms with Crippen LogP contribution in [0.15, 0.2) is 72.8 Å². The van der Waals surface area contributed by atoms with E-state index in [1.807, 2.05) is 0 Å². The van der Waals surface area contributed by atoms with Crippen LogP contribution in [0.1, 0.15) is 26.3 Å². The third kappa shape index (κ3) is 4.21. The number of amides is 1. The number of anilines is 1. The van der Waals surface area contributed by atoms with Gasteiger partial charge in [0.05, 0.1) is 4.92 Å². The Morgan fingerprint density at radius 2 is 1.52 bits per heavy atom. The lowest BCUT2D eigenvalue weighted by Gasteiger charge is -2.07. The molecule has 0 saturated heterocycles. The second-order valence-corrected chi connectivity index (χ2v) is 5.68. The molecule has 0 saturated carbocycles. The number of nitro groups is 1. The second-order valence-electron chi connectivity index (χ2n) is 5.68. The van der Waals surface area contributed by atoms with Gasteiger partial charge in [-0.15, -0.1) is 0 Å². The van der Waals surface area contributed by atoms with Crippen LogP contribution in [0.2, 0.25) is 0 Å². The number of halogens is 1. The van der Waals surface area contributed by atoms with Crippen LogP contribution < -0.4 is 5.32 Å². The van der Waals surface area contributed by atoms with Crippen molar-refractivity contribution in [3.8, 4) is 0 Å². The minimum atomic E-state index is -0.585. The molecule has 0 fully saturated rings. The van der Waals surface area contributed by atoms with Crippen LogP contribution in [-0.2, 0) is 0 Å². The first-order chi connectivity index (χ1) is 12.9. The summed E-state index contributed by atoms with van der Waals surface area (Å²) >= 11 is 0. The Labute approximate surface area is 153 Å². The molecule has 0 atom stereocenters. The molecular formula is C20H13FN2O4. The third-order valence-corrected chi connectivity index (χ3v) is 3.81. The van der Waals surface area contributed by atoms with Gasteiger partial charge in [0.15, 0.2) is 5.78 Å². The van der Waals surface area contributed by atoms with Crippen LogP contribution in [0.3, 0.4) is 0 Å². The average molecular weight is 364 g/mol. The fraction of sp³-hybridized carbons (Fsp3) is 0. The van der Waals surface area contributed by atoms with E-state index in [4.69, 9.17) is 0 Å². The van der Waals surface area contributed by atoms with Gasteiger partial charge in [-0.05, 0) is 42.5 Å². The number of nitrogens with one attached hydrogen (secondary N) is 1. The maximum absolute atomic E-state index is 13.0. The van der Waals surface area contributed by atoms with E-state index in [1.165, 1.54) is 54.6 Å². The highest BCUT2D eigenvalue weighted by atomic mass is 19.1. The topological polar surface area (TPSA) is 89.3 Å². The minimum absolute atomic E-state index is 0.125. The lowest BCUT2D eigenvalue weighted by Crippen LogP contribution is -2.12. The summed E-state index contributed by atoms with van der Waals surface area (Å²) in [7, 11) is 0. The molecule has 134 valence electrons. The standard InChI is InChI=1S/C20H13FN2O4/c21-16-9-7-13(8-10-16)19(24)14-3-1-5-17(11-14)22-20(25)15-4-2-6-18(12-15)23(26)27/h1-12H,(H,22,25). The highest BCUT2D eigenvalue weighted by molar-refractivity contribution is 6.10. The normalized spacial score (nSPS) is 10.3. The van der Waals surface area contributed by atoms with E-state index >= 15 is 0 Å². The molecule has 0 heterocycles. The van der Waals surface area contributed by atoms with E-state index in [0.717, 1.165) is 0 Å². The van der Waals surface area contributed by atoms with Gasteiger partial charge < -0.3 is 5.32 Å². The van der Waals surface area contributed by atoms with Gasteiger partial charge in [-0.2, -0.15) is 0 Å². The van der Waals surface area contributed by atoms with Crippen molar-refractivity contribution in [2.45, 2.75) is 0 Å². The predicted octanol–water partition coefficient (Wildman–Crippen LogP) is 4.22. The number of benzene rings is 3. The molecule has 1 amide bonds. The molecule has 0 spiro atoms. The first-order valence-electron chi connectivity index (χ1n) is 7.90. The molecule has 0 aliphatic heterocycles. The van der Waals surface area contributed by atoms with Crippen molar-refractivity contribution in [3.05, 3.63) is 105 Å². The smallest absolute Gasteiger partial charge is 0.270 e. The Bertz CT molecular complexity index is 1030. The Hall–Kier alpha value is -3.87. The van der Waals surface area contributed by atoms with E-state index in [0.29, 0.717) is 16.8 Å². The molecule has 27 heavy (non-hydrogen) atoms. The van der Waals surface area contributed by atoms with Gasteiger partial charge in [0, 0.05) is 34.5 Å². The number of rotatable bonds is 5. The molecule has 3 rings (SSSR count). The zero-order valence-electron chi connectivity index (χ0n) is 13.9. The molecule has 0 aliphatic carbocycles. The van der Waals surface area contributed by atoms with E-state index in [-0.39, 0.29) is 17.0 Å². The summed E-state index contributed by atoms with van der Waals surface area (Å²) in [6.07, 6.45) is 0. The zero-order valence-corrected chi connectivity index (χ0v) is 13.9. The van der Waals surface area contributed by atoms with Crippen LogP contribution in [0, 0.1) is 15.9 Å². The van der Waals surface area contributed by atoms with Gasteiger partial charge in [-0.1, -0.05) is 18.2 Å². The molecular weight excluding hydrogens is 351 g/mol. The van der Waals surface area contributed by atoms with Gasteiger partial charge in [0.25, 0.3) is 11.6 Å². The largest absolute Gasteiger partial charge is 0.322 e. The van der Waals surface area contributed by atoms with E-state index in [2.05, 4.69) is 5.32 Å². The SMILES string of the molecule is O=C(Nc1cccc(C(=O)c2ccc(F)cc2)c1)c1cccc([N+](=O)[O-])c1. The molecule has 3 aromatic rings. The number of nitrogens with zero attached hydrogens (tertiary/aromatic N) is 1. The lowest BCUT2D eigenvalue weighted by molar-refractivity contribution is -0.384. The van der Waals surface area contributed by atoms with Gasteiger partial charge in [0.2, 0.25) is 0 Å². The maximum Gasteiger partial charge on any atom is 0.270 e. The third-order valence-electron chi connectivity index (χ3n) is 3.81. The fourth-order valence-corrected chi connectivity index (χ4v) is 2.47. The molecule has 0 bridgehead atoms. The van der Waals surface area contributed by atoms with Crippen LogP contribution in [0.4, 0.5) is 15.8 Å². The number of hydrogen-bond donors (Lipinski definition) is 1. The van der Waals surface area contributed by atoms with Gasteiger partial charge in [0.1, 0.15) is 5.82 Å². The number of hydrogen-bond acceptors (Lipinski definition) is 4. The monoisotopic (exact) mass is 364 g/mol. The first-order valence-corrected chi connectivity index (χ1v) is 7.90. The van der Waals surface area contributed by atoms with Gasteiger partial charge in [-0.3, -0.25) is 19.7 Å². The zero-order chi connectivity index (χ0) is 19.4. The molecule has 6 nitrogen and oxygen atoms in total. The molecule has 0 unspecified atom stereocenters. The Morgan fingerprint density at radius 1 is 0.852 bits per heavy atom. The molecule has 3 aromatic carbocycles. The summed E-state index contributed by atoms with van der Waals surface area (Å²) in [5.41, 5.74) is 0.929. The molecule has 1 N–H and O–H groups in total. The number of carbonyl (C=O) groups is 2. The van der Waals surface area contributed by atoms with Crippen molar-refractivity contribution in [2.24, 2.45) is 0 Å². The van der Waals surface area contributed by atoms with Crippen LogP contribution in [0.25, 0.3) is 0 Å². The van der Waals surface area contributed by atoms with Crippen molar-refractivity contribution in [2.75, 3.05) is 5.32 Å². The lowest BCUT2D eigenvalue weighted by atomic mass is 10.0. The highest BCUT2D eigenvalue weighted by Crippen LogP contribution is 2.18. The number of nitro benzene ring substituents is 1. The Kier molecular flexibility index (Phi) is 5.03. The minimum Gasteiger partial charge on any atom is -0.322 e. The van der Waals surface area contributed by atoms with Crippen molar-refractivity contribution < 1.29 is 18.9 Å². The summed E-state index contributed by atoms with van der Waals surface area (Å²) in [4.78, 5) is 35.0. The number of non-ortho nitro benzene ring substituents is 1. The highest BCUT2D eigenvalue weighted by Gasteiger charge is 2.13. The van der Waals surface area contributed by atoms with Crippen LogP contribution >= 0.6 is 0 Å². The van der Waals surface area contributed by atoms with Gasteiger partial charge in [-0.25, -0.2) is 4.39 Å². The fourth-order valence-electron chi connectivity index (χ4n) is 2.47. The van der Waals surface area contributed by atoms with Crippen molar-refractivity contribution in [1.82, 2.24) is 0 Å². The van der Waals surface area contributed by atoms with Crippen molar-refractivity contribution in [1.29, 1.82) is 0 Å². The van der Waals surface area contributed by atoms with Crippen LogP contribution in [0.5, 0.6) is 0 Å². The molecule has 0 radical (unpaired) electrons. The quantitative estimate of drug-likeness (QED) is 0.417. The first kappa shape index (κ1) is 17.9. The van der Waals surface area contributed by atoms with Crippen molar-refractivity contribution in [3.63, 3.8) is 0 Å². The maximum atomic E-state index is 13.0. The van der Waals surface area contributed by atoms with Gasteiger partial charge >= 0.3 is 0 Å². The Balaban J connectivity index is 1.80.